The molecule has 2 unspecified atom stereocenters. The van der Waals surface area contributed by atoms with Crippen LogP contribution in [0.15, 0.2) is 18.3 Å². The van der Waals surface area contributed by atoms with E-state index in [0.29, 0.717) is 23.3 Å². The van der Waals surface area contributed by atoms with Crippen LogP contribution in [0.5, 0.6) is 0 Å². The Morgan fingerprint density at radius 1 is 1.44 bits per heavy atom. The zero-order chi connectivity index (χ0) is 13.0. The van der Waals surface area contributed by atoms with Crippen molar-refractivity contribution in [3.8, 4) is 0 Å². The van der Waals surface area contributed by atoms with Gasteiger partial charge in [0.05, 0.1) is 11.9 Å². The van der Waals surface area contributed by atoms with Gasteiger partial charge < -0.3 is 11.1 Å². The quantitative estimate of drug-likeness (QED) is 0.827. The van der Waals surface area contributed by atoms with E-state index in [0.717, 1.165) is 19.3 Å². The Hall–Kier alpha value is -1.13. The van der Waals surface area contributed by atoms with Gasteiger partial charge in [-0.05, 0) is 37.4 Å². The van der Waals surface area contributed by atoms with Crippen molar-refractivity contribution in [2.24, 2.45) is 17.6 Å². The highest BCUT2D eigenvalue weighted by Gasteiger charge is 2.29. The minimum absolute atomic E-state index is 0.0272. The van der Waals surface area contributed by atoms with Crippen molar-refractivity contribution in [3.05, 3.63) is 23.5 Å². The fraction of sp³-hybridized carbons (Fsp3) is 0.538. The van der Waals surface area contributed by atoms with Gasteiger partial charge in [0, 0.05) is 5.92 Å². The molecule has 1 aromatic heterocycles. The molecule has 1 fully saturated rings. The summed E-state index contributed by atoms with van der Waals surface area (Å²) in [5.41, 5.74) is 6.42. The summed E-state index contributed by atoms with van der Waals surface area (Å²) >= 11 is 5.70. The molecule has 5 heteroatoms. The average Bonchev–Trinajstić information content (AvgIpc) is 2.41. The van der Waals surface area contributed by atoms with E-state index in [2.05, 4.69) is 10.3 Å². The van der Waals surface area contributed by atoms with Crippen LogP contribution in [-0.4, -0.2) is 17.4 Å². The lowest BCUT2D eigenvalue weighted by Gasteiger charge is -2.29. The van der Waals surface area contributed by atoms with E-state index >= 15 is 0 Å². The van der Waals surface area contributed by atoms with Crippen molar-refractivity contribution < 1.29 is 4.79 Å². The number of hydrogen-bond acceptors (Lipinski definition) is 3. The fourth-order valence-corrected chi connectivity index (χ4v) is 2.63. The van der Waals surface area contributed by atoms with Crippen molar-refractivity contribution in [1.29, 1.82) is 0 Å². The molecule has 2 rings (SSSR count). The van der Waals surface area contributed by atoms with Crippen molar-refractivity contribution in [3.63, 3.8) is 0 Å². The maximum absolute atomic E-state index is 12.2. The molecule has 1 aromatic rings. The van der Waals surface area contributed by atoms with Crippen molar-refractivity contribution in [2.75, 3.05) is 11.9 Å². The molecule has 1 amide bonds. The van der Waals surface area contributed by atoms with Crippen LogP contribution in [0.25, 0.3) is 0 Å². The lowest BCUT2D eigenvalue weighted by atomic mass is 9.79. The molecule has 0 aliphatic heterocycles. The van der Waals surface area contributed by atoms with Crippen molar-refractivity contribution in [1.82, 2.24) is 4.98 Å². The summed E-state index contributed by atoms with van der Waals surface area (Å²) in [5.74, 6) is 0.382. The second-order valence-electron chi connectivity index (χ2n) is 4.75. The van der Waals surface area contributed by atoms with Crippen LogP contribution in [0.3, 0.4) is 0 Å². The van der Waals surface area contributed by atoms with Gasteiger partial charge in [0.15, 0.2) is 0 Å². The topological polar surface area (TPSA) is 68.0 Å². The molecule has 98 valence electrons. The Morgan fingerprint density at radius 3 is 2.89 bits per heavy atom. The van der Waals surface area contributed by atoms with Gasteiger partial charge >= 0.3 is 0 Å². The number of pyridine rings is 1. The van der Waals surface area contributed by atoms with Crippen molar-refractivity contribution >= 4 is 23.2 Å². The Morgan fingerprint density at radius 2 is 2.22 bits per heavy atom. The number of nitrogens with zero attached hydrogens (tertiary/aromatic N) is 1. The van der Waals surface area contributed by atoms with Crippen LogP contribution in [0.2, 0.25) is 5.15 Å². The first-order valence-electron chi connectivity index (χ1n) is 6.33. The number of anilines is 1. The molecule has 1 saturated carbocycles. The molecule has 18 heavy (non-hydrogen) atoms. The predicted molar refractivity (Wildman–Crippen MR) is 72.4 cm³/mol. The van der Waals surface area contributed by atoms with E-state index < -0.39 is 0 Å². The first-order valence-corrected chi connectivity index (χ1v) is 6.71. The van der Waals surface area contributed by atoms with E-state index in [1.807, 2.05) is 0 Å². The molecule has 0 bridgehead atoms. The maximum atomic E-state index is 12.2. The minimum atomic E-state index is 0.0272. The SMILES string of the molecule is NCC1CCCCC1C(=O)Nc1ccc(Cl)nc1. The minimum Gasteiger partial charge on any atom is -0.330 e. The number of nitrogens with two attached hydrogens (primary N) is 1. The normalized spacial score (nSPS) is 23.7. The molecule has 1 heterocycles. The van der Waals surface area contributed by atoms with Gasteiger partial charge in [-0.15, -0.1) is 0 Å². The zero-order valence-electron chi connectivity index (χ0n) is 10.2. The van der Waals surface area contributed by atoms with Crippen LogP contribution >= 0.6 is 11.6 Å². The first-order chi connectivity index (χ1) is 8.70. The van der Waals surface area contributed by atoms with Gasteiger partial charge in [-0.1, -0.05) is 24.4 Å². The molecule has 3 N–H and O–H groups in total. The third-order valence-corrected chi connectivity index (χ3v) is 3.77. The van der Waals surface area contributed by atoms with E-state index in [1.165, 1.54) is 6.42 Å². The van der Waals surface area contributed by atoms with E-state index in [-0.39, 0.29) is 11.8 Å². The summed E-state index contributed by atoms with van der Waals surface area (Å²) < 4.78 is 0. The monoisotopic (exact) mass is 267 g/mol. The highest BCUT2D eigenvalue weighted by molar-refractivity contribution is 6.29. The number of carbonyl (C=O) groups is 1. The predicted octanol–water partition coefficient (Wildman–Crippen LogP) is 2.44. The summed E-state index contributed by atoms with van der Waals surface area (Å²) in [7, 11) is 0. The summed E-state index contributed by atoms with van der Waals surface area (Å²) in [5, 5.41) is 3.31. The smallest absolute Gasteiger partial charge is 0.227 e. The van der Waals surface area contributed by atoms with Crippen LogP contribution < -0.4 is 11.1 Å². The summed E-state index contributed by atoms with van der Waals surface area (Å²) in [4.78, 5) is 16.1. The first kappa shape index (κ1) is 13.3. The molecule has 0 radical (unpaired) electrons. The molecule has 4 nitrogen and oxygen atoms in total. The Kier molecular flexibility index (Phi) is 4.55. The maximum Gasteiger partial charge on any atom is 0.227 e. The molecular weight excluding hydrogens is 250 g/mol. The summed E-state index contributed by atoms with van der Waals surface area (Å²) in [6, 6.07) is 3.42. The molecular formula is C13H18ClN3O. The Labute approximate surface area is 112 Å². The highest BCUT2D eigenvalue weighted by atomic mass is 35.5. The summed E-state index contributed by atoms with van der Waals surface area (Å²) in [6.45, 7) is 0.580. The number of nitrogens with one attached hydrogen (secondary N) is 1. The molecule has 2 atom stereocenters. The second kappa shape index (κ2) is 6.16. The third kappa shape index (κ3) is 3.21. The molecule has 1 aliphatic rings. The zero-order valence-corrected chi connectivity index (χ0v) is 11.0. The van der Waals surface area contributed by atoms with Crippen LogP contribution in [0.4, 0.5) is 5.69 Å². The lowest BCUT2D eigenvalue weighted by molar-refractivity contribution is -0.122. The van der Waals surface area contributed by atoms with Crippen LogP contribution in [-0.2, 0) is 4.79 Å². The van der Waals surface area contributed by atoms with Gasteiger partial charge in [-0.2, -0.15) is 0 Å². The highest BCUT2D eigenvalue weighted by Crippen LogP contribution is 2.30. The third-order valence-electron chi connectivity index (χ3n) is 3.54. The van der Waals surface area contributed by atoms with Gasteiger partial charge in [0.25, 0.3) is 0 Å². The number of halogens is 1. The van der Waals surface area contributed by atoms with E-state index in [1.54, 1.807) is 18.3 Å². The number of hydrogen-bond donors (Lipinski definition) is 2. The molecule has 0 saturated heterocycles. The van der Waals surface area contributed by atoms with Gasteiger partial charge in [-0.25, -0.2) is 4.98 Å². The molecule has 0 spiro atoms. The fourth-order valence-electron chi connectivity index (χ4n) is 2.52. The Balaban J connectivity index is 2.00. The van der Waals surface area contributed by atoms with Gasteiger partial charge in [0.2, 0.25) is 5.91 Å². The van der Waals surface area contributed by atoms with Gasteiger partial charge in [-0.3, -0.25) is 4.79 Å². The number of rotatable bonds is 3. The number of carbonyl (C=O) groups excluding carboxylic acids is 1. The van der Waals surface area contributed by atoms with Gasteiger partial charge in [0.1, 0.15) is 5.15 Å². The number of aromatic nitrogens is 1. The van der Waals surface area contributed by atoms with Crippen LogP contribution in [0, 0.1) is 11.8 Å². The van der Waals surface area contributed by atoms with E-state index in [4.69, 9.17) is 17.3 Å². The Bertz CT molecular complexity index is 407. The summed E-state index contributed by atoms with van der Waals surface area (Å²) in [6.07, 6.45) is 5.82. The lowest BCUT2D eigenvalue weighted by Crippen LogP contribution is -2.35. The molecule has 1 aliphatic carbocycles. The molecule has 0 aromatic carbocycles. The second-order valence-corrected chi connectivity index (χ2v) is 5.13. The van der Waals surface area contributed by atoms with E-state index in [9.17, 15) is 4.79 Å². The van der Waals surface area contributed by atoms with Crippen LogP contribution in [0.1, 0.15) is 25.7 Å². The largest absolute Gasteiger partial charge is 0.330 e. The number of amides is 1. The van der Waals surface area contributed by atoms with Crippen molar-refractivity contribution in [2.45, 2.75) is 25.7 Å². The average molecular weight is 268 g/mol. The standard InChI is InChI=1S/C13H18ClN3O/c14-12-6-5-10(8-16-12)17-13(18)11-4-2-1-3-9(11)7-15/h5-6,8-9,11H,1-4,7,15H2,(H,17,18).